The van der Waals surface area contributed by atoms with Crippen molar-refractivity contribution in [2.75, 3.05) is 0 Å². The maximum atomic E-state index is 6.25. The molecular weight excluding hydrogens is 175 g/mol. The molecule has 0 bridgehead atoms. The number of rotatable bonds is 0. The van der Waals surface area contributed by atoms with Crippen LogP contribution in [0.25, 0.3) is 0 Å². The van der Waals surface area contributed by atoms with Crippen molar-refractivity contribution >= 4 is 0 Å². The van der Waals surface area contributed by atoms with E-state index in [4.69, 9.17) is 23.7 Å². The van der Waals surface area contributed by atoms with Gasteiger partial charge in [0, 0.05) is 0 Å². The van der Waals surface area contributed by atoms with Crippen molar-refractivity contribution in [3.8, 4) is 0 Å². The molecule has 60 valence electrons. The molecule has 0 aromatic heterocycles. The van der Waals surface area contributed by atoms with Crippen molar-refractivity contribution in [2.45, 2.75) is 0 Å². The van der Waals surface area contributed by atoms with Crippen LogP contribution in [0.4, 0.5) is 0 Å². The fraction of sp³-hybridized carbons (Fsp3) is 0. The van der Waals surface area contributed by atoms with Crippen molar-refractivity contribution in [3.05, 3.63) is 13.1 Å². The van der Waals surface area contributed by atoms with Crippen LogP contribution >= 0.6 is 0 Å². The molecule has 0 saturated heterocycles. The van der Waals surface area contributed by atoms with Crippen molar-refractivity contribution < 1.29 is 38.4 Å². The first-order valence-corrected chi connectivity index (χ1v) is 0.447. The molecule has 0 amide bonds. The summed E-state index contributed by atoms with van der Waals surface area (Å²) in [7, 11) is 0. The first-order valence-electron chi connectivity index (χ1n) is 0.447. The van der Waals surface area contributed by atoms with Gasteiger partial charge in [-0.05, 0) is 0 Å². The Kier molecular flexibility index (Phi) is 17700. The van der Waals surface area contributed by atoms with E-state index < -0.39 is 0 Å². The second-order valence-corrected chi connectivity index (χ2v) is 0. The van der Waals surface area contributed by atoms with E-state index in [1.54, 1.807) is 0 Å². The molecule has 0 unspecified atom stereocenters. The van der Waals surface area contributed by atoms with Gasteiger partial charge in [-0.2, -0.15) is 0 Å². The number of nitrogens with zero attached hydrogens (tertiary/aromatic N) is 2. The van der Waals surface area contributed by atoms with E-state index in [0.29, 0.717) is 0 Å². The SMILES string of the molecule is O.O.O.O.[C-]#N.[C-]#N.[Ni+2]. The minimum atomic E-state index is 0. The maximum Gasteiger partial charge on any atom is 2.00 e. The number of hydrogen-bond donors (Lipinski definition) is 0. The molecule has 0 atom stereocenters. The molecule has 7 heteroatoms. The summed E-state index contributed by atoms with van der Waals surface area (Å²) in [6.07, 6.45) is 0. The average Bonchev–Trinajstić information content (AvgIpc) is 1.50. The van der Waals surface area contributed by atoms with Crippen LogP contribution in [-0.2, 0) is 16.5 Å². The molecular formula is C2H8N2NiO4. The third kappa shape index (κ3) is 438. The summed E-state index contributed by atoms with van der Waals surface area (Å²) in [5.41, 5.74) is 0. The summed E-state index contributed by atoms with van der Waals surface area (Å²) in [5, 5.41) is 12.5. The summed E-state index contributed by atoms with van der Waals surface area (Å²) >= 11 is 0. The monoisotopic (exact) mass is 182 g/mol. The smallest absolute Gasteiger partial charge is 0.512 e. The molecule has 0 aliphatic heterocycles. The molecule has 0 radical (unpaired) electrons. The zero-order valence-corrected chi connectivity index (χ0v) is 5.20. The Bertz CT molecular complexity index is 32.0. The van der Waals surface area contributed by atoms with Crippen molar-refractivity contribution in [1.82, 2.24) is 0 Å². The van der Waals surface area contributed by atoms with Gasteiger partial charge in [0.05, 0.1) is 0 Å². The van der Waals surface area contributed by atoms with E-state index in [-0.39, 0.29) is 38.4 Å². The predicted octanol–water partition coefficient (Wildman–Crippen LogP) is -3.11. The van der Waals surface area contributed by atoms with Crippen molar-refractivity contribution in [2.24, 2.45) is 0 Å². The van der Waals surface area contributed by atoms with Gasteiger partial charge >= 0.3 is 16.5 Å². The quantitative estimate of drug-likeness (QED) is 0.285. The van der Waals surface area contributed by atoms with Crippen LogP contribution in [0, 0.1) is 23.7 Å². The molecule has 0 aliphatic carbocycles. The third-order valence-electron chi connectivity index (χ3n) is 0. The molecule has 0 fully saturated rings. The Hall–Kier alpha value is -0.686. The van der Waals surface area contributed by atoms with E-state index in [0.717, 1.165) is 0 Å². The van der Waals surface area contributed by atoms with E-state index in [1.807, 2.05) is 0 Å². The molecule has 0 spiro atoms. The zero-order valence-electron chi connectivity index (χ0n) is 4.21. The largest absolute Gasteiger partial charge is 2.00 e. The Labute approximate surface area is 62.9 Å². The summed E-state index contributed by atoms with van der Waals surface area (Å²) in [6.45, 7) is 9.50. The molecule has 0 rings (SSSR count). The Morgan fingerprint density at radius 1 is 0.556 bits per heavy atom. The second kappa shape index (κ2) is 619. The molecule has 0 aromatic rings. The summed E-state index contributed by atoms with van der Waals surface area (Å²) in [6, 6.07) is 0. The van der Waals surface area contributed by atoms with Gasteiger partial charge in [-0.15, -0.1) is 0 Å². The molecule has 0 heterocycles. The normalized spacial score (nSPS) is 0.444. The molecule has 8 N–H and O–H groups in total. The van der Waals surface area contributed by atoms with E-state index >= 15 is 0 Å². The van der Waals surface area contributed by atoms with Crippen LogP contribution in [0.1, 0.15) is 0 Å². The van der Waals surface area contributed by atoms with Crippen LogP contribution < -0.4 is 0 Å². The van der Waals surface area contributed by atoms with Crippen LogP contribution in [0.3, 0.4) is 0 Å². The first-order chi connectivity index (χ1) is 2.00. The van der Waals surface area contributed by atoms with Gasteiger partial charge in [0.2, 0.25) is 0 Å². The van der Waals surface area contributed by atoms with Gasteiger partial charge in [-0.25, -0.2) is 0 Å². The van der Waals surface area contributed by atoms with Gasteiger partial charge < -0.3 is 45.6 Å². The van der Waals surface area contributed by atoms with Gasteiger partial charge in [0.1, 0.15) is 0 Å². The molecule has 0 aliphatic rings. The number of hydrogen-bond acceptors (Lipinski definition) is 2. The predicted molar refractivity (Wildman–Crippen MR) is 24.4 cm³/mol. The Morgan fingerprint density at radius 3 is 0.556 bits per heavy atom. The van der Waals surface area contributed by atoms with Crippen LogP contribution in [0.2, 0.25) is 0 Å². The van der Waals surface area contributed by atoms with E-state index in [2.05, 4.69) is 0 Å². The third-order valence-corrected chi connectivity index (χ3v) is 0. The molecule has 6 nitrogen and oxygen atoms in total. The van der Waals surface area contributed by atoms with Crippen molar-refractivity contribution in [1.29, 1.82) is 10.5 Å². The topological polar surface area (TPSA) is 174 Å². The van der Waals surface area contributed by atoms with Crippen LogP contribution in [0.5, 0.6) is 0 Å². The second-order valence-electron chi connectivity index (χ2n) is 0. The molecule has 9 heavy (non-hydrogen) atoms. The fourth-order valence-electron chi connectivity index (χ4n) is 0. The summed E-state index contributed by atoms with van der Waals surface area (Å²) < 4.78 is 0. The Balaban J connectivity index is -0.00000000114. The fourth-order valence-corrected chi connectivity index (χ4v) is 0. The van der Waals surface area contributed by atoms with Crippen LogP contribution in [0.15, 0.2) is 0 Å². The van der Waals surface area contributed by atoms with Crippen molar-refractivity contribution in [3.63, 3.8) is 0 Å². The van der Waals surface area contributed by atoms with Gasteiger partial charge in [0.25, 0.3) is 0 Å². The van der Waals surface area contributed by atoms with Gasteiger partial charge in [-0.3, -0.25) is 0 Å². The molecule has 0 saturated carbocycles. The maximum absolute atomic E-state index is 6.25. The summed E-state index contributed by atoms with van der Waals surface area (Å²) in [4.78, 5) is 0. The van der Waals surface area contributed by atoms with Gasteiger partial charge in [0.15, 0.2) is 0 Å². The zero-order chi connectivity index (χ0) is 4.00. The van der Waals surface area contributed by atoms with E-state index in [9.17, 15) is 0 Å². The van der Waals surface area contributed by atoms with Crippen LogP contribution in [-0.4, -0.2) is 21.9 Å². The van der Waals surface area contributed by atoms with Gasteiger partial charge in [-0.1, -0.05) is 0 Å². The average molecular weight is 183 g/mol. The first kappa shape index (κ1) is 258. The molecule has 0 aromatic carbocycles. The minimum Gasteiger partial charge on any atom is -0.512 e. The standard InChI is InChI=1S/2CN.Ni.4H2O/c2*1-2;;;;;/h;;;4*1H2/q2*-1;+2;;;;. The Morgan fingerprint density at radius 2 is 0.556 bits per heavy atom. The van der Waals surface area contributed by atoms with E-state index in [1.165, 1.54) is 0 Å². The summed E-state index contributed by atoms with van der Waals surface area (Å²) in [5.74, 6) is 0. The minimum absolute atomic E-state index is 0.